The van der Waals surface area contributed by atoms with Gasteiger partial charge in [0.1, 0.15) is 0 Å². The summed E-state index contributed by atoms with van der Waals surface area (Å²) in [5, 5.41) is 6.13. The highest BCUT2D eigenvalue weighted by molar-refractivity contribution is 5.76. The molecule has 0 aromatic carbocycles. The molecule has 0 aromatic heterocycles. The van der Waals surface area contributed by atoms with E-state index in [1.165, 1.54) is 0 Å². The predicted octanol–water partition coefficient (Wildman–Crippen LogP) is -0.619. The van der Waals surface area contributed by atoms with Crippen LogP contribution in [-0.2, 0) is 4.79 Å². The van der Waals surface area contributed by atoms with Crippen LogP contribution in [0.1, 0.15) is 19.8 Å². The van der Waals surface area contributed by atoms with Crippen LogP contribution >= 0.6 is 0 Å². The first-order valence-corrected chi connectivity index (χ1v) is 5.95. The number of carbonyl (C=O) groups is 1. The van der Waals surface area contributed by atoms with Crippen LogP contribution in [0.3, 0.4) is 0 Å². The summed E-state index contributed by atoms with van der Waals surface area (Å²) in [6.07, 6.45) is 1.43. The Bertz CT molecular complexity index is 185. The maximum atomic E-state index is 11.5. The summed E-state index contributed by atoms with van der Waals surface area (Å²) in [4.78, 5) is 13.5. The Labute approximate surface area is 98.7 Å². The summed E-state index contributed by atoms with van der Waals surface area (Å²) in [7, 11) is 4.04. The van der Waals surface area contributed by atoms with Crippen LogP contribution in [0.4, 0.5) is 0 Å². The number of amides is 1. The molecule has 4 N–H and O–H groups in total. The predicted molar refractivity (Wildman–Crippen MR) is 67.3 cm³/mol. The zero-order valence-electron chi connectivity index (χ0n) is 10.8. The van der Waals surface area contributed by atoms with Crippen molar-refractivity contribution in [3.05, 3.63) is 0 Å². The van der Waals surface area contributed by atoms with E-state index in [9.17, 15) is 4.79 Å². The number of likely N-dealkylation sites (N-methyl/N-ethyl adjacent to an activating group) is 1. The molecule has 0 rings (SSSR count). The molecule has 1 amide bonds. The van der Waals surface area contributed by atoms with E-state index in [0.29, 0.717) is 13.0 Å². The van der Waals surface area contributed by atoms with Crippen LogP contribution in [-0.4, -0.2) is 57.1 Å². The van der Waals surface area contributed by atoms with Crippen molar-refractivity contribution in [2.24, 2.45) is 5.73 Å². The Balaban J connectivity index is 3.68. The van der Waals surface area contributed by atoms with Crippen LogP contribution < -0.4 is 16.4 Å². The van der Waals surface area contributed by atoms with E-state index in [-0.39, 0.29) is 11.9 Å². The summed E-state index contributed by atoms with van der Waals surface area (Å²) in [6, 6.07) is 0.0804. The molecule has 0 fully saturated rings. The van der Waals surface area contributed by atoms with Gasteiger partial charge in [0, 0.05) is 38.6 Å². The standard InChI is InChI=1S/C11H26N4O/c1-4-5-14-11(16)8-10(9-12)13-6-7-15(2)3/h10,13H,4-9,12H2,1-3H3,(H,14,16). The van der Waals surface area contributed by atoms with E-state index in [1.807, 2.05) is 21.0 Å². The van der Waals surface area contributed by atoms with Gasteiger partial charge < -0.3 is 21.3 Å². The Kier molecular flexibility index (Phi) is 9.18. The topological polar surface area (TPSA) is 70.4 Å². The minimum absolute atomic E-state index is 0.0784. The average molecular weight is 230 g/mol. The number of rotatable bonds is 9. The van der Waals surface area contributed by atoms with Crippen LogP contribution in [0.2, 0.25) is 0 Å². The average Bonchev–Trinajstić information content (AvgIpc) is 2.24. The molecule has 0 aliphatic rings. The second kappa shape index (κ2) is 9.57. The highest BCUT2D eigenvalue weighted by Gasteiger charge is 2.10. The van der Waals surface area contributed by atoms with Crippen molar-refractivity contribution in [3.8, 4) is 0 Å². The number of nitrogens with two attached hydrogens (primary N) is 1. The molecule has 0 heterocycles. The first-order valence-electron chi connectivity index (χ1n) is 5.95. The summed E-state index contributed by atoms with van der Waals surface area (Å²) in [5.41, 5.74) is 5.61. The molecule has 0 spiro atoms. The van der Waals surface area contributed by atoms with Gasteiger partial charge in [-0.05, 0) is 20.5 Å². The quantitative estimate of drug-likeness (QED) is 0.494. The molecule has 96 valence electrons. The lowest BCUT2D eigenvalue weighted by molar-refractivity contribution is -0.121. The SMILES string of the molecule is CCCNC(=O)CC(CN)NCCN(C)C. The van der Waals surface area contributed by atoms with Gasteiger partial charge in [0.15, 0.2) is 0 Å². The number of carbonyl (C=O) groups excluding carboxylic acids is 1. The Morgan fingerprint density at radius 3 is 2.56 bits per heavy atom. The molecule has 0 aromatic rings. The number of hydrogen-bond acceptors (Lipinski definition) is 4. The van der Waals surface area contributed by atoms with Crippen molar-refractivity contribution in [1.29, 1.82) is 0 Å². The minimum atomic E-state index is 0.0784. The molecule has 5 nitrogen and oxygen atoms in total. The smallest absolute Gasteiger partial charge is 0.221 e. The van der Waals surface area contributed by atoms with Gasteiger partial charge in [0.05, 0.1) is 0 Å². The van der Waals surface area contributed by atoms with Crippen LogP contribution in [0.5, 0.6) is 0 Å². The largest absolute Gasteiger partial charge is 0.356 e. The number of nitrogens with zero attached hydrogens (tertiary/aromatic N) is 1. The maximum Gasteiger partial charge on any atom is 0.221 e. The molecule has 16 heavy (non-hydrogen) atoms. The molecule has 1 unspecified atom stereocenters. The monoisotopic (exact) mass is 230 g/mol. The fourth-order valence-electron chi connectivity index (χ4n) is 1.29. The van der Waals surface area contributed by atoms with Gasteiger partial charge in [-0.15, -0.1) is 0 Å². The minimum Gasteiger partial charge on any atom is -0.356 e. The lowest BCUT2D eigenvalue weighted by Gasteiger charge is -2.18. The first kappa shape index (κ1) is 15.3. The third-order valence-electron chi connectivity index (χ3n) is 2.28. The molecular weight excluding hydrogens is 204 g/mol. The van der Waals surface area contributed by atoms with E-state index >= 15 is 0 Å². The van der Waals surface area contributed by atoms with Gasteiger partial charge in [-0.3, -0.25) is 4.79 Å². The third-order valence-corrected chi connectivity index (χ3v) is 2.28. The summed E-state index contributed by atoms with van der Waals surface area (Å²) in [6.45, 7) is 5.08. The lowest BCUT2D eigenvalue weighted by Crippen LogP contribution is -2.43. The highest BCUT2D eigenvalue weighted by atomic mass is 16.1. The summed E-state index contributed by atoms with van der Waals surface area (Å²) >= 11 is 0. The molecule has 0 bridgehead atoms. The molecule has 0 aliphatic heterocycles. The third kappa shape index (κ3) is 8.64. The lowest BCUT2D eigenvalue weighted by atomic mass is 10.2. The Hall–Kier alpha value is -0.650. The van der Waals surface area contributed by atoms with Crippen molar-refractivity contribution in [1.82, 2.24) is 15.5 Å². The van der Waals surface area contributed by atoms with Crippen molar-refractivity contribution in [2.45, 2.75) is 25.8 Å². The molecule has 1 atom stereocenters. The molecular formula is C11H26N4O. The van der Waals surface area contributed by atoms with E-state index in [2.05, 4.69) is 15.5 Å². The van der Waals surface area contributed by atoms with Gasteiger partial charge in [-0.25, -0.2) is 0 Å². The summed E-state index contributed by atoms with van der Waals surface area (Å²) < 4.78 is 0. The van der Waals surface area contributed by atoms with Gasteiger partial charge in [-0.2, -0.15) is 0 Å². The second-order valence-corrected chi connectivity index (χ2v) is 4.24. The van der Waals surface area contributed by atoms with Gasteiger partial charge in [0.2, 0.25) is 5.91 Å². The Morgan fingerprint density at radius 2 is 2.06 bits per heavy atom. The second-order valence-electron chi connectivity index (χ2n) is 4.24. The molecule has 0 saturated heterocycles. The highest BCUT2D eigenvalue weighted by Crippen LogP contribution is 1.90. The summed E-state index contributed by atoms with van der Waals surface area (Å²) in [5.74, 6) is 0.0784. The van der Waals surface area contributed by atoms with Crippen molar-refractivity contribution < 1.29 is 4.79 Å². The van der Waals surface area contributed by atoms with Crippen LogP contribution in [0.15, 0.2) is 0 Å². The fourth-order valence-corrected chi connectivity index (χ4v) is 1.29. The molecule has 0 radical (unpaired) electrons. The van der Waals surface area contributed by atoms with Gasteiger partial charge in [-0.1, -0.05) is 6.92 Å². The maximum absolute atomic E-state index is 11.5. The van der Waals surface area contributed by atoms with E-state index in [0.717, 1.165) is 26.1 Å². The zero-order chi connectivity index (χ0) is 12.4. The number of hydrogen-bond donors (Lipinski definition) is 3. The first-order chi connectivity index (χ1) is 7.60. The van der Waals surface area contributed by atoms with E-state index in [1.54, 1.807) is 0 Å². The molecule has 5 heteroatoms. The van der Waals surface area contributed by atoms with Crippen LogP contribution in [0, 0.1) is 0 Å². The van der Waals surface area contributed by atoms with Crippen molar-refractivity contribution >= 4 is 5.91 Å². The van der Waals surface area contributed by atoms with Crippen molar-refractivity contribution in [3.63, 3.8) is 0 Å². The van der Waals surface area contributed by atoms with Crippen LogP contribution in [0.25, 0.3) is 0 Å². The zero-order valence-corrected chi connectivity index (χ0v) is 10.8. The normalized spacial score (nSPS) is 12.8. The Morgan fingerprint density at radius 1 is 1.38 bits per heavy atom. The fraction of sp³-hybridized carbons (Fsp3) is 0.909. The van der Waals surface area contributed by atoms with Gasteiger partial charge in [0.25, 0.3) is 0 Å². The number of nitrogens with one attached hydrogen (secondary N) is 2. The van der Waals surface area contributed by atoms with Gasteiger partial charge >= 0.3 is 0 Å². The van der Waals surface area contributed by atoms with E-state index < -0.39 is 0 Å². The van der Waals surface area contributed by atoms with Crippen molar-refractivity contribution in [2.75, 3.05) is 40.3 Å². The van der Waals surface area contributed by atoms with E-state index in [4.69, 9.17) is 5.73 Å². The molecule has 0 aliphatic carbocycles. The molecule has 0 saturated carbocycles.